The highest BCUT2D eigenvalue weighted by Crippen LogP contribution is 2.28. The van der Waals surface area contributed by atoms with Gasteiger partial charge in [-0.1, -0.05) is 29.5 Å². The molecule has 2 aromatic heterocycles. The Labute approximate surface area is 180 Å². The fourth-order valence-electron chi connectivity index (χ4n) is 2.90. The SMILES string of the molecule is COc1ccccc1NC(=O)COc1ccc(/C=c2\sc3ncnn3c2=O)cc1OC. The number of para-hydroxylation sites is 2. The van der Waals surface area contributed by atoms with Gasteiger partial charge in [-0.15, -0.1) is 0 Å². The smallest absolute Gasteiger partial charge is 0.291 e. The van der Waals surface area contributed by atoms with Crippen molar-refractivity contribution in [3.8, 4) is 17.2 Å². The van der Waals surface area contributed by atoms with Gasteiger partial charge >= 0.3 is 0 Å². The first-order chi connectivity index (χ1) is 15.1. The van der Waals surface area contributed by atoms with E-state index in [1.54, 1.807) is 42.5 Å². The molecule has 4 aromatic rings. The highest BCUT2D eigenvalue weighted by atomic mass is 32.1. The maximum Gasteiger partial charge on any atom is 0.291 e. The summed E-state index contributed by atoms with van der Waals surface area (Å²) in [6.45, 7) is -0.212. The van der Waals surface area contributed by atoms with Crippen molar-refractivity contribution in [3.63, 3.8) is 0 Å². The summed E-state index contributed by atoms with van der Waals surface area (Å²) in [5.74, 6) is 1.06. The number of amides is 1. The van der Waals surface area contributed by atoms with E-state index in [0.717, 1.165) is 5.56 Å². The van der Waals surface area contributed by atoms with E-state index in [1.807, 2.05) is 6.07 Å². The number of nitrogens with zero attached hydrogens (tertiary/aromatic N) is 3. The molecule has 2 heterocycles. The van der Waals surface area contributed by atoms with Gasteiger partial charge in [0.1, 0.15) is 12.1 Å². The number of thiazole rings is 1. The first-order valence-electron chi connectivity index (χ1n) is 9.17. The minimum Gasteiger partial charge on any atom is -0.495 e. The molecule has 0 fully saturated rings. The quantitative estimate of drug-likeness (QED) is 0.469. The maximum atomic E-state index is 12.3. The Kier molecular flexibility index (Phi) is 5.80. The van der Waals surface area contributed by atoms with Crippen molar-refractivity contribution in [2.45, 2.75) is 0 Å². The Balaban J connectivity index is 1.49. The zero-order valence-electron chi connectivity index (χ0n) is 16.7. The van der Waals surface area contributed by atoms with E-state index in [4.69, 9.17) is 14.2 Å². The van der Waals surface area contributed by atoms with Gasteiger partial charge in [0.05, 0.1) is 24.4 Å². The van der Waals surface area contributed by atoms with Gasteiger partial charge < -0.3 is 19.5 Å². The number of carbonyl (C=O) groups is 1. The molecule has 4 rings (SSSR count). The molecular formula is C21H18N4O5S. The number of nitrogens with one attached hydrogen (secondary N) is 1. The summed E-state index contributed by atoms with van der Waals surface area (Å²) < 4.78 is 18.0. The summed E-state index contributed by atoms with van der Waals surface area (Å²) in [4.78, 5) is 29.2. The van der Waals surface area contributed by atoms with Crippen LogP contribution in [0, 0.1) is 0 Å². The minimum atomic E-state index is -0.340. The van der Waals surface area contributed by atoms with Crippen LogP contribution in [0.3, 0.4) is 0 Å². The molecule has 10 heteroatoms. The van der Waals surface area contributed by atoms with Crippen LogP contribution in [-0.4, -0.2) is 41.3 Å². The lowest BCUT2D eigenvalue weighted by Gasteiger charge is -2.12. The first kappa shape index (κ1) is 20.4. The molecule has 1 amide bonds. The van der Waals surface area contributed by atoms with Crippen LogP contribution in [0.25, 0.3) is 11.0 Å². The zero-order valence-corrected chi connectivity index (χ0v) is 17.5. The number of carbonyl (C=O) groups excluding carboxylic acids is 1. The number of rotatable bonds is 7. The summed E-state index contributed by atoms with van der Waals surface area (Å²) in [6, 6.07) is 12.3. The molecule has 2 aromatic carbocycles. The zero-order chi connectivity index (χ0) is 21.8. The van der Waals surface area contributed by atoms with Gasteiger partial charge in [0.2, 0.25) is 4.96 Å². The van der Waals surface area contributed by atoms with E-state index in [-0.39, 0.29) is 18.1 Å². The number of methoxy groups -OCH3 is 2. The Hall–Kier alpha value is -3.92. The predicted molar refractivity (Wildman–Crippen MR) is 116 cm³/mol. The average molecular weight is 438 g/mol. The van der Waals surface area contributed by atoms with Crippen LogP contribution in [0.2, 0.25) is 0 Å². The number of hydrogen-bond acceptors (Lipinski definition) is 8. The molecule has 31 heavy (non-hydrogen) atoms. The molecule has 1 N–H and O–H groups in total. The second kappa shape index (κ2) is 8.84. The summed E-state index contributed by atoms with van der Waals surface area (Å²) >= 11 is 1.25. The maximum absolute atomic E-state index is 12.3. The molecule has 0 atom stereocenters. The van der Waals surface area contributed by atoms with Crippen molar-refractivity contribution in [3.05, 3.63) is 69.2 Å². The van der Waals surface area contributed by atoms with E-state index < -0.39 is 0 Å². The molecule has 0 spiro atoms. The van der Waals surface area contributed by atoms with E-state index >= 15 is 0 Å². The van der Waals surface area contributed by atoms with Crippen LogP contribution in [0.15, 0.2) is 53.6 Å². The van der Waals surface area contributed by atoms with Crippen molar-refractivity contribution in [2.24, 2.45) is 0 Å². The van der Waals surface area contributed by atoms with E-state index in [2.05, 4.69) is 15.4 Å². The average Bonchev–Trinajstić information content (AvgIpc) is 3.36. The number of hydrogen-bond donors (Lipinski definition) is 1. The second-order valence-electron chi connectivity index (χ2n) is 6.32. The van der Waals surface area contributed by atoms with Gasteiger partial charge in [-0.3, -0.25) is 9.59 Å². The molecule has 0 unspecified atom stereocenters. The number of aromatic nitrogens is 3. The Morgan fingerprint density at radius 2 is 1.94 bits per heavy atom. The Morgan fingerprint density at radius 3 is 2.71 bits per heavy atom. The van der Waals surface area contributed by atoms with Crippen LogP contribution in [0.5, 0.6) is 17.2 Å². The van der Waals surface area contributed by atoms with Gasteiger partial charge in [0, 0.05) is 0 Å². The molecule has 0 aliphatic carbocycles. The first-order valence-corrected chi connectivity index (χ1v) is 9.98. The number of ether oxygens (including phenoxy) is 3. The lowest BCUT2D eigenvalue weighted by Crippen LogP contribution is -2.23. The van der Waals surface area contributed by atoms with Crippen molar-refractivity contribution < 1.29 is 19.0 Å². The standard InChI is InChI=1S/C21H18N4O5S/c1-28-15-6-4-3-5-14(15)24-19(26)11-30-16-8-7-13(9-17(16)29-2)10-18-20(27)25-21(31-18)22-12-23-25/h3-10,12H,11H2,1-2H3,(H,24,26)/b18-10-. The van der Waals surface area contributed by atoms with Crippen LogP contribution in [0.4, 0.5) is 5.69 Å². The summed E-state index contributed by atoms with van der Waals surface area (Å²) in [6.07, 6.45) is 3.07. The third kappa shape index (κ3) is 4.33. The van der Waals surface area contributed by atoms with E-state index in [1.165, 1.54) is 36.4 Å². The fraction of sp³-hybridized carbons (Fsp3) is 0.143. The number of fused-ring (bicyclic) bond motifs is 1. The number of anilines is 1. The third-order valence-electron chi connectivity index (χ3n) is 4.35. The molecule has 0 aliphatic heterocycles. The Bertz CT molecular complexity index is 1350. The van der Waals surface area contributed by atoms with Gasteiger partial charge in [0.15, 0.2) is 18.1 Å². The largest absolute Gasteiger partial charge is 0.495 e. The third-order valence-corrected chi connectivity index (χ3v) is 5.32. The fourth-order valence-corrected chi connectivity index (χ4v) is 3.78. The summed E-state index contributed by atoms with van der Waals surface area (Å²) in [5.41, 5.74) is 1.06. The van der Waals surface area contributed by atoms with Gasteiger partial charge in [-0.25, -0.2) is 4.98 Å². The summed E-state index contributed by atoms with van der Waals surface area (Å²) in [5, 5.41) is 6.65. The summed E-state index contributed by atoms with van der Waals surface area (Å²) in [7, 11) is 3.04. The van der Waals surface area contributed by atoms with Crippen molar-refractivity contribution in [2.75, 3.05) is 26.1 Å². The van der Waals surface area contributed by atoms with Crippen LogP contribution in [0.1, 0.15) is 5.56 Å². The van der Waals surface area contributed by atoms with E-state index in [9.17, 15) is 9.59 Å². The molecule has 0 radical (unpaired) electrons. The molecule has 0 saturated carbocycles. The monoisotopic (exact) mass is 438 g/mol. The van der Waals surface area contributed by atoms with E-state index in [0.29, 0.717) is 32.4 Å². The molecule has 0 aliphatic rings. The normalized spacial score (nSPS) is 11.5. The molecule has 9 nitrogen and oxygen atoms in total. The molecule has 0 bridgehead atoms. The van der Waals surface area contributed by atoms with Crippen molar-refractivity contribution in [1.82, 2.24) is 14.6 Å². The molecular weight excluding hydrogens is 420 g/mol. The topological polar surface area (TPSA) is 104 Å². The van der Waals surface area contributed by atoms with Crippen molar-refractivity contribution in [1.29, 1.82) is 0 Å². The minimum absolute atomic E-state index is 0.212. The highest BCUT2D eigenvalue weighted by Gasteiger charge is 2.11. The van der Waals surface area contributed by atoms with Gasteiger partial charge in [-0.05, 0) is 35.9 Å². The highest BCUT2D eigenvalue weighted by molar-refractivity contribution is 7.15. The van der Waals surface area contributed by atoms with Crippen LogP contribution >= 0.6 is 11.3 Å². The van der Waals surface area contributed by atoms with Gasteiger partial charge in [-0.2, -0.15) is 9.61 Å². The Morgan fingerprint density at radius 1 is 1.13 bits per heavy atom. The lowest BCUT2D eigenvalue weighted by molar-refractivity contribution is -0.118. The number of benzene rings is 2. The van der Waals surface area contributed by atoms with Crippen LogP contribution in [-0.2, 0) is 4.79 Å². The molecule has 0 saturated heterocycles. The van der Waals surface area contributed by atoms with Crippen molar-refractivity contribution >= 4 is 34.0 Å². The second-order valence-corrected chi connectivity index (χ2v) is 7.33. The van der Waals surface area contributed by atoms with Crippen LogP contribution < -0.4 is 29.6 Å². The molecule has 158 valence electrons. The van der Waals surface area contributed by atoms with Gasteiger partial charge in [0.25, 0.3) is 11.5 Å². The lowest BCUT2D eigenvalue weighted by atomic mass is 10.2. The predicted octanol–water partition coefficient (Wildman–Crippen LogP) is 1.73.